The van der Waals surface area contributed by atoms with Crippen molar-refractivity contribution in [1.82, 2.24) is 15.5 Å². The third kappa shape index (κ3) is 6.01. The summed E-state index contributed by atoms with van der Waals surface area (Å²) in [6, 6.07) is 4.20. The van der Waals surface area contributed by atoms with Gasteiger partial charge in [0, 0.05) is 46.9 Å². The molecule has 0 spiro atoms. The van der Waals surface area contributed by atoms with Crippen LogP contribution in [-0.2, 0) is 17.7 Å². The maximum atomic E-state index is 5.44. The van der Waals surface area contributed by atoms with E-state index in [9.17, 15) is 0 Å². The third-order valence-corrected chi connectivity index (χ3v) is 4.98. The zero-order valence-electron chi connectivity index (χ0n) is 17.5. The summed E-state index contributed by atoms with van der Waals surface area (Å²) < 4.78 is 16.3. The number of benzene rings is 1. The van der Waals surface area contributed by atoms with Crippen LogP contribution in [0, 0.1) is 0 Å². The molecule has 1 heterocycles. The minimum absolute atomic E-state index is 0.228. The summed E-state index contributed by atoms with van der Waals surface area (Å²) >= 11 is 0. The first-order valence-electron chi connectivity index (χ1n) is 9.38. The maximum Gasteiger partial charge on any atom is 0.191 e. The molecule has 27 heavy (non-hydrogen) atoms. The number of methoxy groups -OCH3 is 3. The largest absolute Gasteiger partial charge is 0.493 e. The molecule has 2 N–H and O–H groups in total. The van der Waals surface area contributed by atoms with Crippen LogP contribution in [0.15, 0.2) is 17.1 Å². The van der Waals surface area contributed by atoms with Gasteiger partial charge in [-0.2, -0.15) is 0 Å². The molecule has 0 aliphatic carbocycles. The fourth-order valence-corrected chi connectivity index (χ4v) is 3.05. The molecular formula is C20H34N4O3. The highest BCUT2D eigenvalue weighted by atomic mass is 16.5. The minimum atomic E-state index is -0.228. The molecule has 1 aromatic rings. The van der Waals surface area contributed by atoms with Gasteiger partial charge in [-0.25, -0.2) is 0 Å². The van der Waals surface area contributed by atoms with E-state index < -0.39 is 0 Å². The quantitative estimate of drug-likeness (QED) is 0.530. The second-order valence-corrected chi connectivity index (χ2v) is 7.32. The number of hydrogen-bond donors (Lipinski definition) is 2. The molecule has 0 fully saturated rings. The van der Waals surface area contributed by atoms with Crippen LogP contribution in [0.5, 0.6) is 11.5 Å². The van der Waals surface area contributed by atoms with E-state index in [2.05, 4.69) is 32.7 Å². The normalized spacial score (nSPS) is 15.3. The van der Waals surface area contributed by atoms with Crippen LogP contribution in [0.4, 0.5) is 0 Å². The summed E-state index contributed by atoms with van der Waals surface area (Å²) in [4.78, 5) is 6.71. The number of hydrogen-bond acceptors (Lipinski definition) is 5. The van der Waals surface area contributed by atoms with Crippen molar-refractivity contribution >= 4 is 5.96 Å². The van der Waals surface area contributed by atoms with E-state index in [1.807, 2.05) is 13.8 Å². The molecule has 0 saturated carbocycles. The molecule has 2 rings (SSSR count). The maximum absolute atomic E-state index is 5.44. The number of fused-ring (bicyclic) bond motifs is 1. The van der Waals surface area contributed by atoms with E-state index >= 15 is 0 Å². The van der Waals surface area contributed by atoms with Gasteiger partial charge in [0.25, 0.3) is 0 Å². The van der Waals surface area contributed by atoms with E-state index in [0.29, 0.717) is 6.54 Å². The van der Waals surface area contributed by atoms with Gasteiger partial charge in [0.05, 0.1) is 19.8 Å². The van der Waals surface area contributed by atoms with Crippen LogP contribution in [0.1, 0.15) is 25.0 Å². The van der Waals surface area contributed by atoms with Crippen molar-refractivity contribution in [1.29, 1.82) is 0 Å². The summed E-state index contributed by atoms with van der Waals surface area (Å²) in [6.45, 7) is 8.51. The van der Waals surface area contributed by atoms with Crippen molar-refractivity contribution in [3.05, 3.63) is 23.3 Å². The lowest BCUT2D eigenvalue weighted by Crippen LogP contribution is -2.47. The van der Waals surface area contributed by atoms with Crippen molar-refractivity contribution in [2.24, 2.45) is 4.99 Å². The zero-order chi connectivity index (χ0) is 19.9. The van der Waals surface area contributed by atoms with Crippen LogP contribution >= 0.6 is 0 Å². The van der Waals surface area contributed by atoms with Gasteiger partial charge in [0.2, 0.25) is 0 Å². The van der Waals surface area contributed by atoms with E-state index in [0.717, 1.165) is 50.1 Å². The first-order valence-corrected chi connectivity index (χ1v) is 9.38. The number of rotatable bonds is 8. The van der Waals surface area contributed by atoms with E-state index in [-0.39, 0.29) is 5.60 Å². The van der Waals surface area contributed by atoms with Crippen LogP contribution in [-0.4, -0.2) is 71.0 Å². The van der Waals surface area contributed by atoms with Gasteiger partial charge in [-0.15, -0.1) is 0 Å². The molecule has 0 unspecified atom stereocenters. The lowest BCUT2D eigenvalue weighted by molar-refractivity contribution is 0.0268. The highest BCUT2D eigenvalue weighted by molar-refractivity contribution is 5.79. The van der Waals surface area contributed by atoms with Gasteiger partial charge in [-0.3, -0.25) is 9.89 Å². The van der Waals surface area contributed by atoms with Crippen LogP contribution in [0.2, 0.25) is 0 Å². The summed E-state index contributed by atoms with van der Waals surface area (Å²) in [7, 11) is 6.86. The van der Waals surface area contributed by atoms with Crippen molar-refractivity contribution in [2.45, 2.75) is 32.4 Å². The average molecular weight is 379 g/mol. The molecule has 0 atom stereocenters. The van der Waals surface area contributed by atoms with Gasteiger partial charge < -0.3 is 24.8 Å². The molecule has 7 heteroatoms. The van der Waals surface area contributed by atoms with Crippen molar-refractivity contribution in [3.63, 3.8) is 0 Å². The summed E-state index contributed by atoms with van der Waals surface area (Å²) in [5, 5.41) is 6.68. The Morgan fingerprint density at radius 3 is 2.37 bits per heavy atom. The first kappa shape index (κ1) is 21.3. The highest BCUT2D eigenvalue weighted by Crippen LogP contribution is 2.33. The average Bonchev–Trinajstić information content (AvgIpc) is 2.69. The molecule has 0 radical (unpaired) electrons. The fraction of sp³-hybridized carbons (Fsp3) is 0.650. The molecule has 1 aliphatic rings. The Hall–Kier alpha value is -1.99. The van der Waals surface area contributed by atoms with Gasteiger partial charge in [-0.1, -0.05) is 0 Å². The van der Waals surface area contributed by atoms with Gasteiger partial charge >= 0.3 is 0 Å². The second kappa shape index (κ2) is 9.80. The highest BCUT2D eigenvalue weighted by Gasteiger charge is 2.20. The van der Waals surface area contributed by atoms with Gasteiger partial charge in [0.1, 0.15) is 0 Å². The second-order valence-electron chi connectivity index (χ2n) is 7.32. The van der Waals surface area contributed by atoms with Gasteiger partial charge in [-0.05, 0) is 43.5 Å². The first-order chi connectivity index (χ1) is 12.9. The molecule has 1 aromatic carbocycles. The summed E-state index contributed by atoms with van der Waals surface area (Å²) in [6.07, 6.45) is 1.02. The van der Waals surface area contributed by atoms with E-state index in [4.69, 9.17) is 14.2 Å². The Labute approximate surface area is 163 Å². The predicted molar refractivity (Wildman–Crippen MR) is 109 cm³/mol. The van der Waals surface area contributed by atoms with Crippen molar-refractivity contribution < 1.29 is 14.2 Å². The lowest BCUT2D eigenvalue weighted by Gasteiger charge is -2.30. The predicted octanol–water partition coefficient (Wildman–Crippen LogP) is 1.65. The van der Waals surface area contributed by atoms with E-state index in [1.54, 1.807) is 28.4 Å². The molecule has 0 bridgehead atoms. The topological polar surface area (TPSA) is 67.4 Å². The minimum Gasteiger partial charge on any atom is -0.493 e. The SMILES string of the molecule is CN=C(NCCN1CCc2cc(OC)c(OC)cc2C1)NCC(C)(C)OC. The Morgan fingerprint density at radius 1 is 1.11 bits per heavy atom. The fourth-order valence-electron chi connectivity index (χ4n) is 3.05. The van der Waals surface area contributed by atoms with Crippen LogP contribution in [0.3, 0.4) is 0 Å². The molecule has 0 saturated heterocycles. The number of aliphatic imine (C=N–C) groups is 1. The Balaban J connectivity index is 1.84. The summed E-state index contributed by atoms with van der Waals surface area (Å²) in [5.41, 5.74) is 2.42. The Kier molecular flexibility index (Phi) is 7.74. The molecule has 0 amide bonds. The standard InChI is InChI=1S/C20H34N4O3/c1-20(2,27-6)14-23-19(21-3)22-8-10-24-9-7-15-11-17(25-4)18(26-5)12-16(15)13-24/h11-12H,7-10,13-14H2,1-6H3,(H2,21,22,23). The number of ether oxygens (including phenoxy) is 3. The lowest BCUT2D eigenvalue weighted by atomic mass is 9.99. The Morgan fingerprint density at radius 2 is 1.78 bits per heavy atom. The smallest absolute Gasteiger partial charge is 0.191 e. The molecular weight excluding hydrogens is 344 g/mol. The molecule has 152 valence electrons. The zero-order valence-corrected chi connectivity index (χ0v) is 17.5. The van der Waals surface area contributed by atoms with Crippen LogP contribution in [0.25, 0.3) is 0 Å². The van der Waals surface area contributed by atoms with Gasteiger partial charge in [0.15, 0.2) is 17.5 Å². The molecule has 0 aromatic heterocycles. The van der Waals surface area contributed by atoms with Crippen LogP contribution < -0.4 is 20.1 Å². The Bertz CT molecular complexity index is 646. The monoisotopic (exact) mass is 378 g/mol. The van der Waals surface area contributed by atoms with Crippen molar-refractivity contribution in [2.75, 3.05) is 54.6 Å². The molecule has 1 aliphatic heterocycles. The molecule has 7 nitrogen and oxygen atoms in total. The summed E-state index contributed by atoms with van der Waals surface area (Å²) in [5.74, 6) is 2.39. The van der Waals surface area contributed by atoms with Crippen molar-refractivity contribution in [3.8, 4) is 11.5 Å². The van der Waals surface area contributed by atoms with E-state index in [1.165, 1.54) is 11.1 Å². The number of nitrogens with zero attached hydrogens (tertiary/aromatic N) is 2. The number of nitrogens with one attached hydrogen (secondary N) is 2. The third-order valence-electron chi connectivity index (χ3n) is 4.98. The number of guanidine groups is 1.